The van der Waals surface area contributed by atoms with Crippen LogP contribution >= 0.6 is 15.9 Å². The maximum Gasteiger partial charge on any atom is 0.128 e. The Balaban J connectivity index is 2.47. The zero-order chi connectivity index (χ0) is 14.5. The van der Waals surface area contributed by atoms with Crippen molar-refractivity contribution in [3.8, 4) is 0 Å². The first kappa shape index (κ1) is 14.9. The maximum absolute atomic E-state index is 13.6. The van der Waals surface area contributed by atoms with E-state index in [-0.39, 0.29) is 11.9 Å². The summed E-state index contributed by atoms with van der Waals surface area (Å²) in [4.78, 5) is 4.11. The van der Waals surface area contributed by atoms with Crippen LogP contribution in [-0.2, 0) is 0 Å². The smallest absolute Gasteiger partial charge is 0.128 e. The molecular weight excluding hydrogens is 321 g/mol. The van der Waals surface area contributed by atoms with Gasteiger partial charge in [-0.05, 0) is 42.8 Å². The summed E-state index contributed by atoms with van der Waals surface area (Å²) in [5, 5.41) is 3.39. The van der Waals surface area contributed by atoms with Gasteiger partial charge < -0.3 is 11.1 Å². The first-order valence-electron chi connectivity index (χ1n) is 6.52. The molecule has 1 aromatic heterocycles. The number of nitrogens with one attached hydrogen (secondary N) is 1. The van der Waals surface area contributed by atoms with Gasteiger partial charge in [0.05, 0.1) is 6.04 Å². The Morgan fingerprint density at radius 2 is 2.15 bits per heavy atom. The van der Waals surface area contributed by atoms with Crippen molar-refractivity contribution in [3.63, 3.8) is 0 Å². The van der Waals surface area contributed by atoms with Crippen LogP contribution in [-0.4, -0.2) is 11.5 Å². The number of hydrogen-bond acceptors (Lipinski definition) is 3. The molecule has 2 rings (SSSR count). The van der Waals surface area contributed by atoms with Crippen LogP contribution in [0.2, 0.25) is 0 Å². The predicted molar refractivity (Wildman–Crippen MR) is 82.9 cm³/mol. The molecule has 0 saturated carbocycles. The van der Waals surface area contributed by atoms with E-state index in [0.717, 1.165) is 28.6 Å². The molecule has 3 nitrogen and oxygen atoms in total. The third-order valence-corrected chi connectivity index (χ3v) is 3.77. The third-order valence-electron chi connectivity index (χ3n) is 3.05. The molecule has 0 aliphatic carbocycles. The molecule has 106 valence electrons. The van der Waals surface area contributed by atoms with Crippen molar-refractivity contribution in [2.24, 2.45) is 0 Å². The highest BCUT2D eigenvalue weighted by Crippen LogP contribution is 2.31. The summed E-state index contributed by atoms with van der Waals surface area (Å²) in [6.45, 7) is 2.89. The van der Waals surface area contributed by atoms with Gasteiger partial charge in [0.25, 0.3) is 0 Å². The standard InChI is InChI=1S/C15H17BrFN3/c1-2-7-19-14(11-4-3-8-20-15(11)18)12-9-10(17)5-6-13(12)16/h3-6,8-9,14,19H,2,7H2,1H3,(H2,18,20). The van der Waals surface area contributed by atoms with E-state index >= 15 is 0 Å². The summed E-state index contributed by atoms with van der Waals surface area (Å²) in [6, 6.07) is 8.21. The second-order valence-electron chi connectivity index (χ2n) is 4.53. The minimum absolute atomic E-state index is 0.186. The molecule has 2 aromatic rings. The SMILES string of the molecule is CCCNC(c1cc(F)ccc1Br)c1cccnc1N. The highest BCUT2D eigenvalue weighted by molar-refractivity contribution is 9.10. The van der Waals surface area contributed by atoms with Crippen LogP contribution in [0.3, 0.4) is 0 Å². The normalized spacial score (nSPS) is 12.3. The van der Waals surface area contributed by atoms with E-state index in [2.05, 4.69) is 33.2 Å². The lowest BCUT2D eigenvalue weighted by Crippen LogP contribution is -2.24. The number of anilines is 1. The Morgan fingerprint density at radius 1 is 1.35 bits per heavy atom. The van der Waals surface area contributed by atoms with Gasteiger partial charge in [0.15, 0.2) is 0 Å². The topological polar surface area (TPSA) is 50.9 Å². The molecule has 0 bridgehead atoms. The van der Waals surface area contributed by atoms with Gasteiger partial charge in [-0.1, -0.05) is 28.9 Å². The van der Waals surface area contributed by atoms with Gasteiger partial charge in [0.1, 0.15) is 11.6 Å². The van der Waals surface area contributed by atoms with Gasteiger partial charge in [0.2, 0.25) is 0 Å². The second-order valence-corrected chi connectivity index (χ2v) is 5.39. The summed E-state index contributed by atoms with van der Waals surface area (Å²) in [5.74, 6) is 0.186. The Morgan fingerprint density at radius 3 is 2.85 bits per heavy atom. The van der Waals surface area contributed by atoms with Crippen molar-refractivity contribution in [1.29, 1.82) is 0 Å². The summed E-state index contributed by atoms with van der Waals surface area (Å²) >= 11 is 3.48. The van der Waals surface area contributed by atoms with E-state index in [4.69, 9.17) is 5.73 Å². The van der Waals surface area contributed by atoms with Crippen molar-refractivity contribution in [1.82, 2.24) is 10.3 Å². The molecule has 0 saturated heterocycles. The molecule has 3 N–H and O–H groups in total. The average Bonchev–Trinajstić information content (AvgIpc) is 2.44. The summed E-state index contributed by atoms with van der Waals surface area (Å²) in [5.41, 5.74) is 7.63. The lowest BCUT2D eigenvalue weighted by Gasteiger charge is -2.21. The highest BCUT2D eigenvalue weighted by atomic mass is 79.9. The quantitative estimate of drug-likeness (QED) is 0.875. The first-order valence-corrected chi connectivity index (χ1v) is 7.31. The molecule has 1 unspecified atom stereocenters. The van der Waals surface area contributed by atoms with Gasteiger partial charge in [-0.25, -0.2) is 9.37 Å². The number of nitrogen functional groups attached to an aromatic ring is 1. The molecule has 0 aliphatic heterocycles. The molecular formula is C15H17BrFN3. The van der Waals surface area contributed by atoms with Gasteiger partial charge in [-0.15, -0.1) is 0 Å². The van der Waals surface area contributed by atoms with E-state index in [9.17, 15) is 4.39 Å². The monoisotopic (exact) mass is 337 g/mol. The summed E-state index contributed by atoms with van der Waals surface area (Å²) in [7, 11) is 0. The van der Waals surface area contributed by atoms with E-state index in [0.29, 0.717) is 5.82 Å². The third kappa shape index (κ3) is 3.35. The Bertz CT molecular complexity index is 589. The minimum atomic E-state index is -0.269. The highest BCUT2D eigenvalue weighted by Gasteiger charge is 2.19. The van der Waals surface area contributed by atoms with Crippen molar-refractivity contribution >= 4 is 21.7 Å². The Kier molecular flexibility index (Phi) is 5.09. The van der Waals surface area contributed by atoms with Crippen LogP contribution in [0.4, 0.5) is 10.2 Å². The molecule has 5 heteroatoms. The van der Waals surface area contributed by atoms with Crippen LogP contribution < -0.4 is 11.1 Å². The van der Waals surface area contributed by atoms with Crippen molar-refractivity contribution < 1.29 is 4.39 Å². The van der Waals surface area contributed by atoms with Crippen LogP contribution in [0.15, 0.2) is 41.0 Å². The maximum atomic E-state index is 13.6. The molecule has 0 fully saturated rings. The number of rotatable bonds is 5. The number of pyridine rings is 1. The Hall–Kier alpha value is -1.46. The zero-order valence-electron chi connectivity index (χ0n) is 11.2. The molecule has 20 heavy (non-hydrogen) atoms. The van der Waals surface area contributed by atoms with Gasteiger partial charge >= 0.3 is 0 Å². The molecule has 0 aliphatic rings. The lowest BCUT2D eigenvalue weighted by atomic mass is 9.99. The van der Waals surface area contributed by atoms with Crippen molar-refractivity contribution in [3.05, 3.63) is 57.9 Å². The number of nitrogens with two attached hydrogens (primary N) is 1. The van der Waals surface area contributed by atoms with Gasteiger partial charge in [-0.3, -0.25) is 0 Å². The molecule has 1 atom stereocenters. The van der Waals surface area contributed by atoms with E-state index in [1.807, 2.05) is 12.1 Å². The van der Waals surface area contributed by atoms with Gasteiger partial charge in [0, 0.05) is 16.2 Å². The second kappa shape index (κ2) is 6.81. The minimum Gasteiger partial charge on any atom is -0.383 e. The fraction of sp³-hybridized carbons (Fsp3) is 0.267. The predicted octanol–water partition coefficient (Wildman–Crippen LogP) is 3.65. The van der Waals surface area contributed by atoms with Crippen molar-refractivity contribution in [2.45, 2.75) is 19.4 Å². The number of nitrogens with zero attached hydrogens (tertiary/aromatic N) is 1. The van der Waals surface area contributed by atoms with Crippen LogP contribution in [0.25, 0.3) is 0 Å². The van der Waals surface area contributed by atoms with E-state index in [1.165, 1.54) is 12.1 Å². The lowest BCUT2D eigenvalue weighted by molar-refractivity contribution is 0.583. The Labute approximate surface area is 126 Å². The van der Waals surface area contributed by atoms with Crippen molar-refractivity contribution in [2.75, 3.05) is 12.3 Å². The van der Waals surface area contributed by atoms with E-state index in [1.54, 1.807) is 12.3 Å². The molecule has 0 radical (unpaired) electrons. The molecule has 0 spiro atoms. The average molecular weight is 338 g/mol. The molecule has 0 amide bonds. The first-order chi connectivity index (χ1) is 9.63. The van der Waals surface area contributed by atoms with Crippen LogP contribution in [0.1, 0.15) is 30.5 Å². The molecule has 1 aromatic carbocycles. The number of aromatic nitrogens is 1. The zero-order valence-corrected chi connectivity index (χ0v) is 12.8. The summed E-state index contributed by atoms with van der Waals surface area (Å²) < 4.78 is 14.4. The fourth-order valence-electron chi connectivity index (χ4n) is 2.09. The molecule has 1 heterocycles. The van der Waals surface area contributed by atoms with Crippen LogP contribution in [0, 0.1) is 5.82 Å². The number of benzene rings is 1. The number of halogens is 2. The van der Waals surface area contributed by atoms with E-state index < -0.39 is 0 Å². The summed E-state index contributed by atoms with van der Waals surface area (Å²) in [6.07, 6.45) is 2.62. The van der Waals surface area contributed by atoms with Gasteiger partial charge in [-0.2, -0.15) is 0 Å². The number of hydrogen-bond donors (Lipinski definition) is 2. The van der Waals surface area contributed by atoms with Crippen LogP contribution in [0.5, 0.6) is 0 Å². The largest absolute Gasteiger partial charge is 0.383 e. The fourth-order valence-corrected chi connectivity index (χ4v) is 2.56.